The summed E-state index contributed by atoms with van der Waals surface area (Å²) < 4.78 is 0. The molecule has 0 saturated heterocycles. The summed E-state index contributed by atoms with van der Waals surface area (Å²) in [5.74, 6) is 1.20. The molecule has 6 nitrogen and oxygen atoms in total. The second kappa shape index (κ2) is 8.69. The van der Waals surface area contributed by atoms with Gasteiger partial charge in [0.2, 0.25) is 0 Å². The molecule has 0 spiro atoms. The van der Waals surface area contributed by atoms with Crippen LogP contribution in [-0.2, 0) is 6.61 Å². The first-order valence-electron chi connectivity index (χ1n) is 9.63. The molecule has 0 amide bonds. The first-order valence-corrected chi connectivity index (χ1v) is 10.4. The van der Waals surface area contributed by atoms with Gasteiger partial charge in [-0.25, -0.2) is 15.0 Å². The Kier molecular flexibility index (Phi) is 5.83. The Balaban J connectivity index is 1.72. The van der Waals surface area contributed by atoms with Crippen molar-refractivity contribution in [1.29, 1.82) is 0 Å². The van der Waals surface area contributed by atoms with Crippen molar-refractivity contribution in [3.63, 3.8) is 0 Å². The van der Waals surface area contributed by atoms with E-state index in [2.05, 4.69) is 34.1 Å². The number of hydrogen-bond donors (Lipinski definition) is 3. The van der Waals surface area contributed by atoms with Gasteiger partial charge < -0.3 is 15.5 Å². The fourth-order valence-corrected chi connectivity index (χ4v) is 3.89. The maximum absolute atomic E-state index is 9.60. The fraction of sp³-hybridized carbons (Fsp3) is 0.174. The van der Waals surface area contributed by atoms with Crippen LogP contribution in [0.25, 0.3) is 11.0 Å². The summed E-state index contributed by atoms with van der Waals surface area (Å²) in [6.07, 6.45) is 1.50. The Morgan fingerprint density at radius 3 is 2.53 bits per heavy atom. The molecular weight excluding hydrogens is 396 g/mol. The molecule has 0 bridgehead atoms. The number of hydrogen-bond acceptors (Lipinski definition) is 7. The van der Waals surface area contributed by atoms with E-state index in [4.69, 9.17) is 0 Å². The van der Waals surface area contributed by atoms with Gasteiger partial charge in [-0.15, -0.1) is 0 Å². The average Bonchev–Trinajstić information content (AvgIpc) is 2.76. The summed E-state index contributed by atoms with van der Waals surface area (Å²) in [4.78, 5) is 15.4. The standard InChI is InChI=1S/C23H22N4O2S/c1-14(2)19-9-8-18-22(26-19)24-13-25-23(18)27-20-11-15(12-28)3-10-21(20)30-17-6-4-16(29)5-7-17/h3-11,13-14,28-29H,12H2,1-2H3,(H,24,25,26,27). The first-order chi connectivity index (χ1) is 14.5. The van der Waals surface area contributed by atoms with Gasteiger partial charge >= 0.3 is 0 Å². The van der Waals surface area contributed by atoms with Gasteiger partial charge in [0.25, 0.3) is 0 Å². The van der Waals surface area contributed by atoms with Crippen LogP contribution in [0.2, 0.25) is 0 Å². The van der Waals surface area contributed by atoms with Crippen LogP contribution in [0.3, 0.4) is 0 Å². The minimum atomic E-state index is -0.0529. The van der Waals surface area contributed by atoms with Crippen LogP contribution < -0.4 is 5.32 Å². The molecule has 152 valence electrons. The summed E-state index contributed by atoms with van der Waals surface area (Å²) >= 11 is 1.56. The van der Waals surface area contributed by atoms with E-state index in [0.717, 1.165) is 32.1 Å². The zero-order valence-electron chi connectivity index (χ0n) is 16.7. The largest absolute Gasteiger partial charge is 0.508 e. The quantitative estimate of drug-likeness (QED) is 0.394. The minimum Gasteiger partial charge on any atom is -0.508 e. The van der Waals surface area contributed by atoms with Gasteiger partial charge in [0, 0.05) is 15.5 Å². The molecule has 0 aliphatic rings. The zero-order chi connectivity index (χ0) is 21.1. The molecule has 2 aromatic heterocycles. The van der Waals surface area contributed by atoms with Crippen molar-refractivity contribution in [3.05, 3.63) is 72.2 Å². The number of phenolic OH excluding ortho intramolecular Hbond substituents is 1. The molecule has 2 heterocycles. The van der Waals surface area contributed by atoms with Crippen molar-refractivity contribution in [2.75, 3.05) is 5.32 Å². The molecule has 0 atom stereocenters. The summed E-state index contributed by atoms with van der Waals surface area (Å²) in [6, 6.07) is 16.8. The second-order valence-electron chi connectivity index (χ2n) is 7.19. The number of benzene rings is 2. The van der Waals surface area contributed by atoms with E-state index >= 15 is 0 Å². The molecule has 0 fully saturated rings. The Bertz CT molecular complexity index is 1180. The van der Waals surface area contributed by atoms with Crippen LogP contribution in [0, 0.1) is 0 Å². The SMILES string of the molecule is CC(C)c1ccc2c(Nc3cc(CO)ccc3Sc3ccc(O)cc3)ncnc2n1. The van der Waals surface area contributed by atoms with Crippen molar-refractivity contribution < 1.29 is 10.2 Å². The molecule has 0 unspecified atom stereocenters. The van der Waals surface area contributed by atoms with Crippen LogP contribution in [0.5, 0.6) is 5.75 Å². The van der Waals surface area contributed by atoms with Crippen LogP contribution in [0.4, 0.5) is 11.5 Å². The van der Waals surface area contributed by atoms with Crippen molar-refractivity contribution in [2.45, 2.75) is 36.2 Å². The van der Waals surface area contributed by atoms with Crippen molar-refractivity contribution >= 4 is 34.3 Å². The Hall–Kier alpha value is -3.16. The number of fused-ring (bicyclic) bond motifs is 1. The fourth-order valence-electron chi connectivity index (χ4n) is 3.01. The number of nitrogens with one attached hydrogen (secondary N) is 1. The van der Waals surface area contributed by atoms with Gasteiger partial charge in [-0.2, -0.15) is 0 Å². The predicted molar refractivity (Wildman–Crippen MR) is 119 cm³/mol. The summed E-state index contributed by atoms with van der Waals surface area (Å²) in [5, 5.41) is 23.3. The highest BCUT2D eigenvalue weighted by Crippen LogP contribution is 2.37. The molecule has 2 aromatic carbocycles. The number of rotatable bonds is 6. The lowest BCUT2D eigenvalue weighted by atomic mass is 10.1. The zero-order valence-corrected chi connectivity index (χ0v) is 17.5. The molecular formula is C23H22N4O2S. The predicted octanol–water partition coefficient (Wildman–Crippen LogP) is 5.24. The van der Waals surface area contributed by atoms with Gasteiger partial charge in [-0.05, 0) is 60.0 Å². The van der Waals surface area contributed by atoms with Crippen molar-refractivity contribution in [1.82, 2.24) is 15.0 Å². The number of nitrogens with zero attached hydrogens (tertiary/aromatic N) is 3. The van der Waals surface area contributed by atoms with Crippen LogP contribution in [-0.4, -0.2) is 25.2 Å². The van der Waals surface area contributed by atoms with E-state index in [0.29, 0.717) is 17.4 Å². The van der Waals surface area contributed by atoms with Crippen molar-refractivity contribution in [3.8, 4) is 5.75 Å². The highest BCUT2D eigenvalue weighted by Gasteiger charge is 2.12. The lowest BCUT2D eigenvalue weighted by molar-refractivity contribution is 0.282. The Labute approximate surface area is 179 Å². The van der Waals surface area contributed by atoms with E-state index in [1.807, 2.05) is 42.5 Å². The summed E-state index contributed by atoms with van der Waals surface area (Å²) in [7, 11) is 0. The topological polar surface area (TPSA) is 91.2 Å². The van der Waals surface area contributed by atoms with Crippen LogP contribution in [0.1, 0.15) is 31.0 Å². The maximum atomic E-state index is 9.60. The molecule has 30 heavy (non-hydrogen) atoms. The molecule has 4 rings (SSSR count). The maximum Gasteiger partial charge on any atom is 0.164 e. The van der Waals surface area contributed by atoms with Gasteiger partial charge in [0.15, 0.2) is 5.65 Å². The van der Waals surface area contributed by atoms with Gasteiger partial charge in [0.1, 0.15) is 17.9 Å². The van der Waals surface area contributed by atoms with E-state index in [9.17, 15) is 10.2 Å². The molecule has 0 saturated carbocycles. The number of pyridine rings is 1. The molecule has 4 aromatic rings. The molecule has 0 aliphatic carbocycles. The van der Waals surface area contributed by atoms with E-state index < -0.39 is 0 Å². The molecule has 0 radical (unpaired) electrons. The van der Waals surface area contributed by atoms with E-state index in [1.54, 1.807) is 23.9 Å². The van der Waals surface area contributed by atoms with Crippen LogP contribution in [0.15, 0.2) is 70.7 Å². The highest BCUT2D eigenvalue weighted by molar-refractivity contribution is 7.99. The van der Waals surface area contributed by atoms with Gasteiger partial charge in [0.05, 0.1) is 17.7 Å². The number of aromatic nitrogens is 3. The molecule has 7 heteroatoms. The Morgan fingerprint density at radius 2 is 1.80 bits per heavy atom. The number of aromatic hydroxyl groups is 1. The number of phenols is 1. The summed E-state index contributed by atoms with van der Waals surface area (Å²) in [5.41, 5.74) is 3.25. The third kappa shape index (κ3) is 4.37. The van der Waals surface area contributed by atoms with Crippen LogP contribution >= 0.6 is 11.8 Å². The normalized spacial score (nSPS) is 11.2. The number of anilines is 2. The molecule has 3 N–H and O–H groups in total. The van der Waals surface area contributed by atoms with E-state index in [1.165, 1.54) is 6.33 Å². The van der Waals surface area contributed by atoms with Crippen molar-refractivity contribution in [2.24, 2.45) is 0 Å². The smallest absolute Gasteiger partial charge is 0.164 e. The van der Waals surface area contributed by atoms with E-state index in [-0.39, 0.29) is 12.4 Å². The third-order valence-corrected chi connectivity index (χ3v) is 5.74. The lowest BCUT2D eigenvalue weighted by Crippen LogP contribution is -2.01. The van der Waals surface area contributed by atoms with Gasteiger partial charge in [-0.1, -0.05) is 31.7 Å². The second-order valence-corrected chi connectivity index (χ2v) is 8.31. The lowest BCUT2D eigenvalue weighted by Gasteiger charge is -2.14. The molecule has 0 aliphatic heterocycles. The first kappa shape index (κ1) is 20.1. The monoisotopic (exact) mass is 418 g/mol. The Morgan fingerprint density at radius 1 is 1.00 bits per heavy atom. The number of aliphatic hydroxyl groups excluding tert-OH is 1. The van der Waals surface area contributed by atoms with Gasteiger partial charge in [-0.3, -0.25) is 0 Å². The third-order valence-electron chi connectivity index (χ3n) is 4.65. The average molecular weight is 419 g/mol. The summed E-state index contributed by atoms with van der Waals surface area (Å²) in [6.45, 7) is 4.14. The number of aliphatic hydroxyl groups is 1. The minimum absolute atomic E-state index is 0.0529. The highest BCUT2D eigenvalue weighted by atomic mass is 32.2.